The predicted molar refractivity (Wildman–Crippen MR) is 41.4 cm³/mol. The highest BCUT2D eigenvalue weighted by Gasteiger charge is 2.69. The Balaban J connectivity index is 2.67. The lowest BCUT2D eigenvalue weighted by molar-refractivity contribution is -0.165. The Labute approximate surface area is 71.8 Å². The van der Waals surface area contributed by atoms with Crippen molar-refractivity contribution in [2.45, 2.75) is 12.7 Å². The summed E-state index contributed by atoms with van der Waals surface area (Å²) in [5, 5.41) is 0. The van der Waals surface area contributed by atoms with Gasteiger partial charge in [-0.25, -0.2) is 0 Å². The monoisotopic (exact) mass is 174 g/mol. The Morgan fingerprint density at radius 2 is 1.75 bits per heavy atom. The first-order valence-electron chi connectivity index (χ1n) is 3.82. The van der Waals surface area contributed by atoms with Crippen molar-refractivity contribution in [2.24, 2.45) is 11.8 Å². The number of carbonyl (C=O) groups is 1. The normalized spacial score (nSPS) is 31.3. The minimum Gasteiger partial charge on any atom is -0.469 e. The number of rotatable bonds is 3. The van der Waals surface area contributed by atoms with E-state index in [0.29, 0.717) is 0 Å². The van der Waals surface area contributed by atoms with Crippen LogP contribution in [0.1, 0.15) is 6.92 Å². The van der Waals surface area contributed by atoms with E-state index in [1.54, 1.807) is 0 Å². The lowest BCUT2D eigenvalue weighted by Gasteiger charge is -2.12. The first-order chi connectivity index (χ1) is 5.64. The third kappa shape index (κ3) is 1.03. The summed E-state index contributed by atoms with van der Waals surface area (Å²) in [6.07, 6.45) is 0. The predicted octanol–water partition coefficient (Wildman–Crippen LogP) is 0.414. The van der Waals surface area contributed by atoms with E-state index in [-0.39, 0.29) is 17.8 Å². The van der Waals surface area contributed by atoms with Crippen LogP contribution >= 0.6 is 0 Å². The van der Waals surface area contributed by atoms with Crippen LogP contribution < -0.4 is 0 Å². The number of hydrogen-bond donors (Lipinski definition) is 0. The summed E-state index contributed by atoms with van der Waals surface area (Å²) in [5.74, 6) is -1.23. The molecule has 1 fully saturated rings. The van der Waals surface area contributed by atoms with Crippen LogP contribution in [0.3, 0.4) is 0 Å². The summed E-state index contributed by atoms with van der Waals surface area (Å²) >= 11 is 0. The van der Waals surface area contributed by atoms with Gasteiger partial charge in [-0.3, -0.25) is 4.79 Å². The maximum Gasteiger partial charge on any atom is 0.314 e. The first-order valence-corrected chi connectivity index (χ1v) is 3.82. The number of carbonyl (C=O) groups excluding carboxylic acids is 1. The van der Waals surface area contributed by atoms with Gasteiger partial charge in [0.15, 0.2) is 5.79 Å². The zero-order valence-corrected chi connectivity index (χ0v) is 7.79. The molecule has 12 heavy (non-hydrogen) atoms. The van der Waals surface area contributed by atoms with E-state index in [0.717, 1.165) is 0 Å². The number of ether oxygens (including phenoxy) is 3. The van der Waals surface area contributed by atoms with E-state index >= 15 is 0 Å². The highest BCUT2D eigenvalue weighted by atomic mass is 16.7. The minimum absolute atomic E-state index is 0.0694. The third-order valence-corrected chi connectivity index (χ3v) is 2.55. The molecule has 0 bridgehead atoms. The second-order valence-electron chi connectivity index (χ2n) is 2.92. The molecule has 0 aromatic carbocycles. The number of hydrogen-bond acceptors (Lipinski definition) is 4. The molecule has 0 saturated heterocycles. The van der Waals surface area contributed by atoms with E-state index in [9.17, 15) is 4.79 Å². The van der Waals surface area contributed by atoms with Crippen molar-refractivity contribution in [3.05, 3.63) is 0 Å². The molecule has 4 nitrogen and oxygen atoms in total. The van der Waals surface area contributed by atoms with E-state index in [1.165, 1.54) is 21.3 Å². The van der Waals surface area contributed by atoms with E-state index in [2.05, 4.69) is 4.74 Å². The largest absolute Gasteiger partial charge is 0.469 e. The van der Waals surface area contributed by atoms with Gasteiger partial charge in [-0.05, 0) is 0 Å². The zero-order chi connectivity index (χ0) is 9.35. The van der Waals surface area contributed by atoms with Gasteiger partial charge >= 0.3 is 5.97 Å². The molecule has 0 aromatic rings. The summed E-state index contributed by atoms with van der Waals surface area (Å²) in [5.41, 5.74) is 0. The number of esters is 1. The molecule has 1 aliphatic carbocycles. The Kier molecular flexibility index (Phi) is 2.39. The molecule has 0 N–H and O–H groups in total. The summed E-state index contributed by atoms with van der Waals surface area (Å²) in [6.45, 7) is 1.90. The van der Waals surface area contributed by atoms with Crippen LogP contribution in [0.25, 0.3) is 0 Å². The molecule has 1 saturated carbocycles. The molecular formula is C8H14O4. The molecule has 1 rings (SSSR count). The van der Waals surface area contributed by atoms with Crippen molar-refractivity contribution >= 4 is 5.97 Å². The Morgan fingerprint density at radius 1 is 1.25 bits per heavy atom. The minimum atomic E-state index is -0.743. The highest BCUT2D eigenvalue weighted by molar-refractivity contribution is 5.77. The molecule has 2 atom stereocenters. The van der Waals surface area contributed by atoms with Gasteiger partial charge in [0, 0.05) is 20.1 Å². The summed E-state index contributed by atoms with van der Waals surface area (Å²) in [6, 6.07) is 0. The van der Waals surface area contributed by atoms with Crippen LogP contribution in [0.15, 0.2) is 0 Å². The summed E-state index contributed by atoms with van der Waals surface area (Å²) < 4.78 is 14.9. The van der Waals surface area contributed by atoms with Crippen molar-refractivity contribution in [3.8, 4) is 0 Å². The Bertz CT molecular complexity index is 185. The van der Waals surface area contributed by atoms with Crippen LogP contribution in [-0.2, 0) is 19.0 Å². The van der Waals surface area contributed by atoms with E-state index in [1.807, 2.05) is 6.92 Å². The zero-order valence-electron chi connectivity index (χ0n) is 7.79. The third-order valence-electron chi connectivity index (χ3n) is 2.55. The summed E-state index contributed by atoms with van der Waals surface area (Å²) in [4.78, 5) is 11.1. The quantitative estimate of drug-likeness (QED) is 0.459. The van der Waals surface area contributed by atoms with Gasteiger partial charge in [0.2, 0.25) is 0 Å². The standard InChI is InChI=1S/C8H14O4/c1-5-6(7(9)10-2)8(5,11-3)12-4/h5-6H,1-4H3. The summed E-state index contributed by atoms with van der Waals surface area (Å²) in [7, 11) is 4.43. The molecule has 0 aliphatic heterocycles. The van der Waals surface area contributed by atoms with Gasteiger partial charge < -0.3 is 14.2 Å². The average Bonchev–Trinajstić information content (AvgIpc) is 2.70. The van der Waals surface area contributed by atoms with Crippen LogP contribution in [0.5, 0.6) is 0 Å². The average molecular weight is 174 g/mol. The van der Waals surface area contributed by atoms with Gasteiger partial charge in [0.25, 0.3) is 0 Å². The van der Waals surface area contributed by atoms with Crippen LogP contribution in [0.2, 0.25) is 0 Å². The molecule has 0 aromatic heterocycles. The van der Waals surface area contributed by atoms with Crippen LogP contribution in [0, 0.1) is 11.8 Å². The Morgan fingerprint density at radius 3 is 2.00 bits per heavy atom. The maximum absolute atomic E-state index is 11.1. The van der Waals surface area contributed by atoms with Crippen molar-refractivity contribution in [1.29, 1.82) is 0 Å². The SMILES string of the molecule is COC(=O)C1C(C)C1(OC)OC. The van der Waals surface area contributed by atoms with Gasteiger partial charge in [-0.15, -0.1) is 0 Å². The van der Waals surface area contributed by atoms with Crippen molar-refractivity contribution < 1.29 is 19.0 Å². The molecule has 0 radical (unpaired) electrons. The fraction of sp³-hybridized carbons (Fsp3) is 0.875. The molecule has 0 amide bonds. The van der Waals surface area contributed by atoms with E-state index in [4.69, 9.17) is 9.47 Å². The first kappa shape index (κ1) is 9.48. The second kappa shape index (κ2) is 3.03. The lowest BCUT2D eigenvalue weighted by Crippen LogP contribution is -2.22. The Hall–Kier alpha value is -0.610. The van der Waals surface area contributed by atoms with Crippen LogP contribution in [-0.4, -0.2) is 33.1 Å². The topological polar surface area (TPSA) is 44.8 Å². The smallest absolute Gasteiger partial charge is 0.314 e. The fourth-order valence-corrected chi connectivity index (χ4v) is 1.70. The van der Waals surface area contributed by atoms with Gasteiger partial charge in [-0.1, -0.05) is 6.92 Å². The van der Waals surface area contributed by atoms with Gasteiger partial charge in [0.05, 0.1) is 7.11 Å². The second-order valence-corrected chi connectivity index (χ2v) is 2.92. The molecule has 0 spiro atoms. The highest BCUT2D eigenvalue weighted by Crippen LogP contribution is 2.53. The molecule has 70 valence electrons. The van der Waals surface area contributed by atoms with Crippen molar-refractivity contribution in [1.82, 2.24) is 0 Å². The van der Waals surface area contributed by atoms with E-state index < -0.39 is 5.79 Å². The van der Waals surface area contributed by atoms with Crippen molar-refractivity contribution in [2.75, 3.05) is 21.3 Å². The van der Waals surface area contributed by atoms with Gasteiger partial charge in [0.1, 0.15) is 5.92 Å². The van der Waals surface area contributed by atoms with Crippen LogP contribution in [0.4, 0.5) is 0 Å². The molecule has 2 unspecified atom stereocenters. The molecule has 1 aliphatic rings. The maximum atomic E-state index is 11.1. The lowest BCUT2D eigenvalue weighted by atomic mass is 10.3. The molecule has 4 heteroatoms. The van der Waals surface area contributed by atoms with Crippen molar-refractivity contribution in [3.63, 3.8) is 0 Å². The van der Waals surface area contributed by atoms with Gasteiger partial charge in [-0.2, -0.15) is 0 Å². The molecular weight excluding hydrogens is 160 g/mol. The fourth-order valence-electron chi connectivity index (χ4n) is 1.70. The number of methoxy groups -OCH3 is 3. The molecule has 0 heterocycles.